The summed E-state index contributed by atoms with van der Waals surface area (Å²) in [5.74, 6) is 0.125. The maximum absolute atomic E-state index is 10.5. The molecule has 1 aliphatic rings. The van der Waals surface area contributed by atoms with Crippen molar-refractivity contribution >= 4 is 0 Å². The molecule has 0 saturated heterocycles. The van der Waals surface area contributed by atoms with Crippen LogP contribution in [0.4, 0.5) is 0 Å². The summed E-state index contributed by atoms with van der Waals surface area (Å²) >= 11 is 0. The summed E-state index contributed by atoms with van der Waals surface area (Å²) in [5, 5.41) is 20.8. The lowest BCUT2D eigenvalue weighted by atomic mass is 9.78. The average molecular weight is 268 g/mol. The van der Waals surface area contributed by atoms with Gasteiger partial charge in [0.1, 0.15) is 0 Å². The third-order valence-electron chi connectivity index (χ3n) is 4.32. The van der Waals surface area contributed by atoms with Crippen molar-refractivity contribution in [2.24, 2.45) is 5.92 Å². The molecule has 0 aliphatic heterocycles. The predicted molar refractivity (Wildman–Crippen MR) is 79.2 cm³/mol. The zero-order chi connectivity index (χ0) is 13.9. The summed E-state index contributed by atoms with van der Waals surface area (Å²) in [4.78, 5) is 0. The van der Waals surface area contributed by atoms with Gasteiger partial charge in [-0.3, -0.25) is 0 Å². The van der Waals surface area contributed by atoms with E-state index < -0.39 is 12.2 Å². The molecule has 2 aromatic rings. The molecule has 0 heterocycles. The molecule has 2 heteroatoms. The van der Waals surface area contributed by atoms with E-state index in [0.29, 0.717) is 6.42 Å². The van der Waals surface area contributed by atoms with Crippen LogP contribution in [0.15, 0.2) is 54.6 Å². The van der Waals surface area contributed by atoms with Gasteiger partial charge in [-0.2, -0.15) is 0 Å². The number of hydrogen-bond donors (Lipinski definition) is 2. The van der Waals surface area contributed by atoms with E-state index in [1.807, 2.05) is 48.5 Å². The van der Waals surface area contributed by atoms with E-state index in [1.54, 1.807) is 0 Å². The second kappa shape index (κ2) is 5.78. The van der Waals surface area contributed by atoms with Gasteiger partial charge in [-0.1, -0.05) is 54.6 Å². The van der Waals surface area contributed by atoms with Crippen LogP contribution >= 0.6 is 0 Å². The molecule has 20 heavy (non-hydrogen) atoms. The van der Waals surface area contributed by atoms with E-state index in [0.717, 1.165) is 24.0 Å². The average Bonchev–Trinajstić information content (AvgIpc) is 2.51. The molecule has 2 aromatic carbocycles. The molecule has 2 nitrogen and oxygen atoms in total. The number of hydrogen-bond acceptors (Lipinski definition) is 2. The van der Waals surface area contributed by atoms with Crippen LogP contribution in [0.25, 0.3) is 0 Å². The van der Waals surface area contributed by atoms with E-state index in [-0.39, 0.29) is 5.92 Å². The topological polar surface area (TPSA) is 40.5 Å². The molecular formula is C18H20O2. The van der Waals surface area contributed by atoms with Crippen molar-refractivity contribution in [3.8, 4) is 0 Å². The van der Waals surface area contributed by atoms with Crippen LogP contribution in [0.5, 0.6) is 0 Å². The van der Waals surface area contributed by atoms with Gasteiger partial charge in [0.2, 0.25) is 0 Å². The molecule has 3 atom stereocenters. The summed E-state index contributed by atoms with van der Waals surface area (Å²) in [5.41, 5.74) is 3.20. The summed E-state index contributed by atoms with van der Waals surface area (Å²) < 4.78 is 0. The van der Waals surface area contributed by atoms with Crippen LogP contribution in [-0.4, -0.2) is 10.2 Å². The first-order valence-corrected chi connectivity index (χ1v) is 7.24. The van der Waals surface area contributed by atoms with Gasteiger partial charge >= 0.3 is 0 Å². The monoisotopic (exact) mass is 268 g/mol. The zero-order valence-corrected chi connectivity index (χ0v) is 11.4. The molecule has 0 radical (unpaired) electrons. The highest BCUT2D eigenvalue weighted by molar-refractivity contribution is 5.32. The first-order chi connectivity index (χ1) is 9.75. The van der Waals surface area contributed by atoms with Crippen molar-refractivity contribution < 1.29 is 10.2 Å². The quantitative estimate of drug-likeness (QED) is 0.895. The highest BCUT2D eigenvalue weighted by Crippen LogP contribution is 2.38. The highest BCUT2D eigenvalue weighted by atomic mass is 16.3. The molecule has 0 spiro atoms. The smallest absolute Gasteiger partial charge is 0.0822 e. The van der Waals surface area contributed by atoms with E-state index in [1.165, 1.54) is 5.56 Å². The van der Waals surface area contributed by atoms with Crippen LogP contribution in [-0.2, 0) is 6.42 Å². The zero-order valence-electron chi connectivity index (χ0n) is 11.4. The lowest BCUT2D eigenvalue weighted by molar-refractivity contribution is 0.0495. The SMILES string of the molecule is OC(CC1CCc2ccccc2C1O)c1ccccc1. The molecule has 3 rings (SSSR count). The van der Waals surface area contributed by atoms with Crippen molar-refractivity contribution in [3.63, 3.8) is 0 Å². The molecule has 104 valence electrons. The fourth-order valence-corrected chi connectivity index (χ4v) is 3.15. The maximum atomic E-state index is 10.5. The number of benzene rings is 2. The molecule has 3 unspecified atom stereocenters. The Morgan fingerprint density at radius 2 is 1.70 bits per heavy atom. The van der Waals surface area contributed by atoms with Gasteiger partial charge in [-0.15, -0.1) is 0 Å². The number of aliphatic hydroxyl groups excluding tert-OH is 2. The van der Waals surface area contributed by atoms with Crippen LogP contribution in [0.1, 0.15) is 41.7 Å². The molecule has 1 aliphatic carbocycles. The third kappa shape index (κ3) is 2.62. The van der Waals surface area contributed by atoms with Crippen LogP contribution in [0.2, 0.25) is 0 Å². The van der Waals surface area contributed by atoms with E-state index in [9.17, 15) is 10.2 Å². The largest absolute Gasteiger partial charge is 0.388 e. The van der Waals surface area contributed by atoms with Crippen molar-refractivity contribution in [2.75, 3.05) is 0 Å². The standard InChI is InChI=1S/C18H20O2/c19-17(14-7-2-1-3-8-14)12-15-11-10-13-6-4-5-9-16(13)18(15)20/h1-9,15,17-20H,10-12H2. The Bertz CT molecular complexity index is 565. The molecule has 0 fully saturated rings. The first-order valence-electron chi connectivity index (χ1n) is 7.24. The van der Waals surface area contributed by atoms with Gasteiger partial charge in [0, 0.05) is 0 Å². The molecule has 0 bridgehead atoms. The van der Waals surface area contributed by atoms with Crippen molar-refractivity contribution in [1.29, 1.82) is 0 Å². The highest BCUT2D eigenvalue weighted by Gasteiger charge is 2.29. The first kappa shape index (κ1) is 13.3. The molecule has 2 N–H and O–H groups in total. The van der Waals surface area contributed by atoms with Crippen LogP contribution < -0.4 is 0 Å². The number of aliphatic hydroxyl groups is 2. The molecular weight excluding hydrogens is 248 g/mol. The molecule has 0 amide bonds. The second-order valence-corrected chi connectivity index (χ2v) is 5.60. The minimum Gasteiger partial charge on any atom is -0.388 e. The molecule has 0 saturated carbocycles. The van der Waals surface area contributed by atoms with Gasteiger partial charge in [0.25, 0.3) is 0 Å². The van der Waals surface area contributed by atoms with E-state index >= 15 is 0 Å². The predicted octanol–water partition coefficient (Wildman–Crippen LogP) is 3.41. The Kier molecular flexibility index (Phi) is 3.86. The second-order valence-electron chi connectivity index (χ2n) is 5.60. The Morgan fingerprint density at radius 1 is 1.00 bits per heavy atom. The van der Waals surface area contributed by atoms with Crippen LogP contribution in [0.3, 0.4) is 0 Å². The number of fused-ring (bicyclic) bond motifs is 1. The van der Waals surface area contributed by atoms with Gasteiger partial charge in [0.05, 0.1) is 12.2 Å². The van der Waals surface area contributed by atoms with Crippen molar-refractivity contribution in [1.82, 2.24) is 0 Å². The van der Waals surface area contributed by atoms with Gasteiger partial charge in [0.15, 0.2) is 0 Å². The fourth-order valence-electron chi connectivity index (χ4n) is 3.15. The Labute approximate surface area is 119 Å². The van der Waals surface area contributed by atoms with Crippen molar-refractivity contribution in [2.45, 2.75) is 31.5 Å². The third-order valence-corrected chi connectivity index (χ3v) is 4.32. The summed E-state index contributed by atoms with van der Waals surface area (Å²) in [6.07, 6.45) is 1.57. The normalized spacial score (nSPS) is 23.1. The Hall–Kier alpha value is -1.64. The van der Waals surface area contributed by atoms with Crippen LogP contribution in [0, 0.1) is 5.92 Å². The lowest BCUT2D eigenvalue weighted by Crippen LogP contribution is -2.22. The minimum atomic E-state index is -0.499. The molecule has 0 aromatic heterocycles. The summed E-state index contributed by atoms with van der Waals surface area (Å²) in [7, 11) is 0. The number of rotatable bonds is 3. The van der Waals surface area contributed by atoms with Gasteiger partial charge in [-0.05, 0) is 41.9 Å². The van der Waals surface area contributed by atoms with Gasteiger partial charge < -0.3 is 10.2 Å². The minimum absolute atomic E-state index is 0.125. The Balaban J connectivity index is 1.73. The Morgan fingerprint density at radius 3 is 2.50 bits per heavy atom. The summed E-state index contributed by atoms with van der Waals surface area (Å²) in [6, 6.07) is 17.8. The van der Waals surface area contributed by atoms with Crippen molar-refractivity contribution in [3.05, 3.63) is 71.3 Å². The number of aryl methyl sites for hydroxylation is 1. The van der Waals surface area contributed by atoms with Gasteiger partial charge in [-0.25, -0.2) is 0 Å². The summed E-state index contributed by atoms with van der Waals surface area (Å²) in [6.45, 7) is 0. The maximum Gasteiger partial charge on any atom is 0.0822 e. The van der Waals surface area contributed by atoms with E-state index in [4.69, 9.17) is 0 Å². The van der Waals surface area contributed by atoms with E-state index in [2.05, 4.69) is 6.07 Å². The fraction of sp³-hybridized carbons (Fsp3) is 0.333. The lowest BCUT2D eigenvalue weighted by Gasteiger charge is -2.31.